The fraction of sp³-hybridized carbons (Fsp3) is 0.192. The van der Waals surface area contributed by atoms with Crippen LogP contribution >= 0.6 is 0 Å². The highest BCUT2D eigenvalue weighted by atomic mass is 16.1. The molecule has 3 aromatic carbocycles. The number of hydrogen-bond donors (Lipinski definition) is 0. The molecule has 0 saturated carbocycles. The first kappa shape index (κ1) is 20.4. The number of carbonyl (C=O) groups is 3. The van der Waals surface area contributed by atoms with Crippen molar-refractivity contribution >= 4 is 17.9 Å². The monoisotopic (exact) mass is 384 g/mol. The predicted molar refractivity (Wildman–Crippen MR) is 115 cm³/mol. The summed E-state index contributed by atoms with van der Waals surface area (Å²) in [6.07, 6.45) is 1.78. The van der Waals surface area contributed by atoms with E-state index in [1.807, 2.05) is 52.0 Å². The Morgan fingerprint density at radius 1 is 0.724 bits per heavy atom. The molecule has 4 rings (SSSR count). The van der Waals surface area contributed by atoms with E-state index in [4.69, 9.17) is 0 Å². The average Bonchev–Trinajstić information content (AvgIpc) is 2.71. The molecule has 3 heteroatoms. The van der Waals surface area contributed by atoms with Gasteiger partial charge < -0.3 is 0 Å². The van der Waals surface area contributed by atoms with E-state index in [0.717, 1.165) is 35.0 Å². The Hall–Kier alpha value is -3.33. The fourth-order valence-corrected chi connectivity index (χ4v) is 3.74. The van der Waals surface area contributed by atoms with Crippen molar-refractivity contribution in [1.82, 2.24) is 0 Å². The Kier molecular flexibility index (Phi) is 5.88. The highest BCUT2D eigenvalue weighted by Gasteiger charge is 2.28. The number of aldehydes is 1. The van der Waals surface area contributed by atoms with E-state index in [1.54, 1.807) is 30.3 Å². The fourth-order valence-electron chi connectivity index (χ4n) is 3.74. The SMILES string of the molecule is CCc1ccc2c(c1)C(=O)c1ccccc1C2=O.Cc1cc(C)c(C=O)c(C)c1. The molecule has 0 aliphatic heterocycles. The molecule has 0 heterocycles. The standard InChI is InChI=1S/C16H12O2.C10H12O/c1-2-10-7-8-13-14(9-10)16(18)12-6-4-3-5-11(12)15(13)17;1-7-4-8(2)10(6-11)9(3)5-7/h3-9H,2H2,1H3;4-6H,1-3H3. The van der Waals surface area contributed by atoms with Crippen LogP contribution in [-0.2, 0) is 6.42 Å². The number of aryl methyl sites for hydroxylation is 4. The van der Waals surface area contributed by atoms with Crippen LogP contribution in [0.5, 0.6) is 0 Å². The van der Waals surface area contributed by atoms with Crippen LogP contribution in [0, 0.1) is 20.8 Å². The minimum Gasteiger partial charge on any atom is -0.298 e. The second kappa shape index (κ2) is 8.36. The van der Waals surface area contributed by atoms with Gasteiger partial charge in [0.2, 0.25) is 0 Å². The maximum Gasteiger partial charge on any atom is 0.194 e. The summed E-state index contributed by atoms with van der Waals surface area (Å²) in [5, 5.41) is 0. The van der Waals surface area contributed by atoms with Gasteiger partial charge in [0.1, 0.15) is 0 Å². The van der Waals surface area contributed by atoms with Crippen LogP contribution in [0.1, 0.15) is 71.4 Å². The quantitative estimate of drug-likeness (QED) is 0.432. The first-order chi connectivity index (χ1) is 13.9. The van der Waals surface area contributed by atoms with E-state index in [1.165, 1.54) is 5.56 Å². The van der Waals surface area contributed by atoms with Gasteiger partial charge in [-0.25, -0.2) is 0 Å². The molecular formula is C26H24O3. The average molecular weight is 384 g/mol. The van der Waals surface area contributed by atoms with Crippen LogP contribution in [0.3, 0.4) is 0 Å². The summed E-state index contributed by atoms with van der Waals surface area (Å²) >= 11 is 0. The van der Waals surface area contributed by atoms with E-state index in [0.29, 0.717) is 22.3 Å². The Balaban J connectivity index is 0.000000188. The molecule has 29 heavy (non-hydrogen) atoms. The zero-order valence-electron chi connectivity index (χ0n) is 17.2. The summed E-state index contributed by atoms with van der Waals surface area (Å²) in [4.78, 5) is 35.2. The predicted octanol–water partition coefficient (Wildman–Crippen LogP) is 5.45. The molecule has 0 radical (unpaired) electrons. The maximum atomic E-state index is 12.4. The number of hydrogen-bond acceptors (Lipinski definition) is 3. The van der Waals surface area contributed by atoms with Crippen LogP contribution in [0.15, 0.2) is 54.6 Å². The highest BCUT2D eigenvalue weighted by molar-refractivity contribution is 6.28. The molecule has 1 aliphatic carbocycles. The van der Waals surface area contributed by atoms with Crippen molar-refractivity contribution in [2.75, 3.05) is 0 Å². The Morgan fingerprint density at radius 2 is 1.24 bits per heavy atom. The third kappa shape index (κ3) is 3.95. The van der Waals surface area contributed by atoms with Crippen LogP contribution < -0.4 is 0 Å². The van der Waals surface area contributed by atoms with E-state index in [2.05, 4.69) is 0 Å². The smallest absolute Gasteiger partial charge is 0.194 e. The number of benzene rings is 3. The molecule has 0 aromatic heterocycles. The Bertz CT molecular complexity index is 1100. The summed E-state index contributed by atoms with van der Waals surface area (Å²) in [6, 6.07) is 16.6. The molecule has 3 nitrogen and oxygen atoms in total. The number of fused-ring (bicyclic) bond motifs is 2. The van der Waals surface area contributed by atoms with E-state index in [-0.39, 0.29) is 11.6 Å². The zero-order valence-corrected chi connectivity index (χ0v) is 17.2. The number of ketones is 2. The van der Waals surface area contributed by atoms with Crippen molar-refractivity contribution < 1.29 is 14.4 Å². The van der Waals surface area contributed by atoms with Crippen LogP contribution in [0.2, 0.25) is 0 Å². The Morgan fingerprint density at radius 3 is 1.76 bits per heavy atom. The lowest BCUT2D eigenvalue weighted by Gasteiger charge is -2.17. The van der Waals surface area contributed by atoms with Gasteiger partial charge >= 0.3 is 0 Å². The van der Waals surface area contributed by atoms with Gasteiger partial charge in [-0.2, -0.15) is 0 Å². The summed E-state index contributed by atoms with van der Waals surface area (Å²) in [6.45, 7) is 7.99. The maximum absolute atomic E-state index is 12.4. The second-order valence-corrected chi connectivity index (χ2v) is 7.37. The third-order valence-corrected chi connectivity index (χ3v) is 5.25. The van der Waals surface area contributed by atoms with Crippen molar-refractivity contribution in [1.29, 1.82) is 0 Å². The van der Waals surface area contributed by atoms with Crippen molar-refractivity contribution in [2.45, 2.75) is 34.1 Å². The molecule has 0 spiro atoms. The minimum atomic E-state index is -0.0529. The molecule has 1 aliphatic rings. The van der Waals surface area contributed by atoms with Gasteiger partial charge in [0.25, 0.3) is 0 Å². The zero-order chi connectivity index (χ0) is 21.1. The second-order valence-electron chi connectivity index (χ2n) is 7.37. The summed E-state index contributed by atoms with van der Waals surface area (Å²) in [7, 11) is 0. The lowest BCUT2D eigenvalue weighted by atomic mass is 9.83. The minimum absolute atomic E-state index is 0.0458. The van der Waals surface area contributed by atoms with Crippen molar-refractivity contribution in [2.24, 2.45) is 0 Å². The summed E-state index contributed by atoms with van der Waals surface area (Å²) < 4.78 is 0. The molecular weight excluding hydrogens is 360 g/mol. The van der Waals surface area contributed by atoms with Crippen molar-refractivity contribution in [3.8, 4) is 0 Å². The molecule has 0 fully saturated rings. The first-order valence-electron chi connectivity index (χ1n) is 9.71. The normalized spacial score (nSPS) is 11.9. The first-order valence-corrected chi connectivity index (χ1v) is 9.71. The molecule has 146 valence electrons. The van der Waals surface area contributed by atoms with Crippen LogP contribution in [0.25, 0.3) is 0 Å². The van der Waals surface area contributed by atoms with E-state index < -0.39 is 0 Å². The Labute approximate surface area is 171 Å². The number of carbonyl (C=O) groups excluding carboxylic acids is 3. The van der Waals surface area contributed by atoms with Crippen molar-refractivity contribution in [3.05, 3.63) is 105 Å². The van der Waals surface area contributed by atoms with E-state index >= 15 is 0 Å². The molecule has 0 N–H and O–H groups in total. The van der Waals surface area contributed by atoms with Gasteiger partial charge in [-0.1, -0.05) is 61.0 Å². The lowest BCUT2D eigenvalue weighted by molar-refractivity contribution is 0.0979. The number of rotatable bonds is 2. The van der Waals surface area contributed by atoms with Gasteiger partial charge in [0.05, 0.1) is 0 Å². The lowest BCUT2D eigenvalue weighted by Crippen LogP contribution is -2.20. The molecule has 0 bridgehead atoms. The molecule has 0 unspecified atom stereocenters. The molecule has 0 atom stereocenters. The van der Waals surface area contributed by atoms with Gasteiger partial charge in [0.15, 0.2) is 17.9 Å². The molecule has 3 aromatic rings. The topological polar surface area (TPSA) is 51.2 Å². The van der Waals surface area contributed by atoms with E-state index in [9.17, 15) is 14.4 Å². The third-order valence-electron chi connectivity index (χ3n) is 5.25. The van der Waals surface area contributed by atoms with Crippen LogP contribution in [0.4, 0.5) is 0 Å². The van der Waals surface area contributed by atoms with Gasteiger partial charge in [0, 0.05) is 27.8 Å². The van der Waals surface area contributed by atoms with Crippen LogP contribution in [-0.4, -0.2) is 17.9 Å². The van der Waals surface area contributed by atoms with Gasteiger partial charge in [-0.05, 0) is 49.9 Å². The largest absolute Gasteiger partial charge is 0.298 e. The molecule has 0 saturated heterocycles. The molecule has 0 amide bonds. The van der Waals surface area contributed by atoms with Gasteiger partial charge in [-0.3, -0.25) is 14.4 Å². The van der Waals surface area contributed by atoms with Gasteiger partial charge in [-0.15, -0.1) is 0 Å². The summed E-state index contributed by atoms with van der Waals surface area (Å²) in [5.41, 5.74) is 7.35. The summed E-state index contributed by atoms with van der Waals surface area (Å²) in [5.74, 6) is -0.0987. The highest BCUT2D eigenvalue weighted by Crippen LogP contribution is 2.27. The van der Waals surface area contributed by atoms with Crippen molar-refractivity contribution in [3.63, 3.8) is 0 Å².